The summed E-state index contributed by atoms with van der Waals surface area (Å²) in [6, 6.07) is 8.54. The summed E-state index contributed by atoms with van der Waals surface area (Å²) in [4.78, 5) is 35.3. The third-order valence-corrected chi connectivity index (χ3v) is 6.48. The highest BCUT2D eigenvalue weighted by molar-refractivity contribution is 7.09. The summed E-state index contributed by atoms with van der Waals surface area (Å²) in [6.45, 7) is 8.31. The molecule has 9 heteroatoms. The molecule has 0 saturated carbocycles. The minimum atomic E-state index is -0.184. The van der Waals surface area contributed by atoms with Gasteiger partial charge in [0, 0.05) is 63.4 Å². The fourth-order valence-electron chi connectivity index (χ4n) is 4.17. The van der Waals surface area contributed by atoms with E-state index in [1.165, 1.54) is 29.7 Å². The number of benzene rings is 1. The molecule has 1 aromatic heterocycles. The largest absolute Gasteiger partial charge is 0.368 e. The van der Waals surface area contributed by atoms with Gasteiger partial charge in [0.25, 0.3) is 0 Å². The fraction of sp³-hybridized carbons (Fsp3) is 0.524. The Bertz CT molecular complexity index is 908. The molecule has 4 rings (SSSR count). The molecule has 30 heavy (non-hydrogen) atoms. The predicted octanol–water partition coefficient (Wildman–Crippen LogP) is 2.37. The zero-order chi connectivity index (χ0) is 21.1. The molecule has 2 aliphatic rings. The van der Waals surface area contributed by atoms with Gasteiger partial charge in [0.2, 0.25) is 22.9 Å². The van der Waals surface area contributed by atoms with Crippen molar-refractivity contribution in [3.8, 4) is 0 Å². The Hall–Kier alpha value is -2.68. The van der Waals surface area contributed by atoms with Crippen LogP contribution >= 0.6 is 11.5 Å². The van der Waals surface area contributed by atoms with Crippen molar-refractivity contribution in [2.75, 3.05) is 54.4 Å². The van der Waals surface area contributed by atoms with Gasteiger partial charge in [0.05, 0.1) is 5.92 Å². The molecule has 2 aliphatic heterocycles. The Kier molecular flexibility index (Phi) is 6.17. The van der Waals surface area contributed by atoms with Gasteiger partial charge in [-0.1, -0.05) is 12.1 Å². The number of hydrogen-bond donors (Lipinski definition) is 1. The predicted molar refractivity (Wildman–Crippen MR) is 119 cm³/mol. The van der Waals surface area contributed by atoms with Crippen LogP contribution in [0.3, 0.4) is 0 Å². The first-order valence-electron chi connectivity index (χ1n) is 10.5. The molecule has 1 N–H and O–H groups in total. The van der Waals surface area contributed by atoms with Crippen molar-refractivity contribution < 1.29 is 9.59 Å². The molecule has 0 spiro atoms. The van der Waals surface area contributed by atoms with Crippen LogP contribution in [-0.4, -0.2) is 65.3 Å². The van der Waals surface area contributed by atoms with Crippen LogP contribution in [-0.2, 0) is 9.59 Å². The monoisotopic (exact) mass is 428 g/mol. The van der Waals surface area contributed by atoms with Crippen LogP contribution < -0.4 is 15.1 Å². The molecule has 160 valence electrons. The number of carbonyl (C=O) groups is 2. The second-order valence-electron chi connectivity index (χ2n) is 8.02. The van der Waals surface area contributed by atoms with Crippen molar-refractivity contribution in [1.82, 2.24) is 14.3 Å². The maximum absolute atomic E-state index is 13.2. The lowest BCUT2D eigenvalue weighted by molar-refractivity contribution is -0.136. The third kappa shape index (κ3) is 4.72. The number of amides is 2. The summed E-state index contributed by atoms with van der Waals surface area (Å²) in [5.41, 5.74) is 2.49. The van der Waals surface area contributed by atoms with Crippen molar-refractivity contribution in [3.63, 3.8) is 0 Å². The molecule has 2 fully saturated rings. The molecule has 8 nitrogen and oxygen atoms in total. The van der Waals surface area contributed by atoms with E-state index in [1.807, 2.05) is 4.90 Å². The van der Waals surface area contributed by atoms with Gasteiger partial charge >= 0.3 is 0 Å². The number of hydrogen-bond acceptors (Lipinski definition) is 7. The molecule has 1 aromatic carbocycles. The minimum Gasteiger partial charge on any atom is -0.368 e. The maximum atomic E-state index is 13.2. The van der Waals surface area contributed by atoms with Gasteiger partial charge < -0.3 is 14.7 Å². The van der Waals surface area contributed by atoms with E-state index in [2.05, 4.69) is 55.7 Å². The lowest BCUT2D eigenvalue weighted by Crippen LogP contribution is -2.52. The van der Waals surface area contributed by atoms with Crippen LogP contribution in [0.2, 0.25) is 0 Å². The van der Waals surface area contributed by atoms with Crippen molar-refractivity contribution >= 4 is 40.1 Å². The number of piperidine rings is 1. The number of aryl methyl sites for hydroxylation is 1. The smallest absolute Gasteiger partial charge is 0.243 e. The van der Waals surface area contributed by atoms with E-state index < -0.39 is 0 Å². The average Bonchev–Trinajstić information content (AvgIpc) is 3.21. The number of rotatable bonds is 4. The number of anilines is 3. The summed E-state index contributed by atoms with van der Waals surface area (Å²) in [6.07, 6.45) is 1.86. The van der Waals surface area contributed by atoms with E-state index in [1.54, 1.807) is 0 Å². The molecule has 2 aromatic rings. The highest BCUT2D eigenvalue weighted by Crippen LogP contribution is 2.27. The Balaban J connectivity index is 1.33. The second kappa shape index (κ2) is 8.99. The number of nitrogens with zero attached hydrogens (tertiary/aromatic N) is 5. The van der Waals surface area contributed by atoms with Crippen molar-refractivity contribution in [1.29, 1.82) is 0 Å². The van der Waals surface area contributed by atoms with E-state index in [-0.39, 0.29) is 17.7 Å². The van der Waals surface area contributed by atoms with Crippen LogP contribution in [0.4, 0.5) is 16.8 Å². The SMILES string of the molecule is CC(=O)Nc1nsc(N2CCCC(C(=O)N3CCN(c4cccc(C)c4)CC3)C2)n1. The normalized spacial score (nSPS) is 19.7. The minimum absolute atomic E-state index is 0.0163. The van der Waals surface area contributed by atoms with Gasteiger partial charge in [-0.15, -0.1) is 0 Å². The Morgan fingerprint density at radius 2 is 1.93 bits per heavy atom. The Morgan fingerprint density at radius 1 is 1.13 bits per heavy atom. The van der Waals surface area contributed by atoms with Gasteiger partial charge in [-0.25, -0.2) is 0 Å². The van der Waals surface area contributed by atoms with Crippen LogP contribution in [0.15, 0.2) is 24.3 Å². The standard InChI is InChI=1S/C21H28N6O2S/c1-15-5-3-7-18(13-15)25-9-11-26(12-10-25)19(29)17-6-4-8-27(14-17)21-23-20(24-30-21)22-16(2)28/h3,5,7,13,17H,4,6,8-12,14H2,1-2H3,(H,22,24,28). The van der Waals surface area contributed by atoms with Crippen molar-refractivity contribution in [2.24, 2.45) is 5.92 Å². The summed E-state index contributed by atoms with van der Waals surface area (Å²) < 4.78 is 4.19. The van der Waals surface area contributed by atoms with Gasteiger partial charge in [0.15, 0.2) is 0 Å². The fourth-order valence-corrected chi connectivity index (χ4v) is 4.84. The Morgan fingerprint density at radius 3 is 2.67 bits per heavy atom. The molecular formula is C21H28N6O2S. The van der Waals surface area contributed by atoms with Crippen LogP contribution in [0, 0.1) is 12.8 Å². The summed E-state index contributed by atoms with van der Waals surface area (Å²) in [7, 11) is 0. The van der Waals surface area contributed by atoms with E-state index in [4.69, 9.17) is 0 Å². The van der Waals surface area contributed by atoms with Crippen LogP contribution in [0.25, 0.3) is 0 Å². The third-order valence-electron chi connectivity index (χ3n) is 5.70. The van der Waals surface area contributed by atoms with E-state index >= 15 is 0 Å². The van der Waals surface area contributed by atoms with Gasteiger partial charge in [-0.05, 0) is 37.5 Å². The van der Waals surface area contributed by atoms with Gasteiger partial charge in [-0.2, -0.15) is 9.36 Å². The number of piperazine rings is 1. The summed E-state index contributed by atoms with van der Waals surface area (Å²) in [5, 5.41) is 3.38. The van der Waals surface area contributed by atoms with Crippen LogP contribution in [0.5, 0.6) is 0 Å². The molecule has 1 atom stereocenters. The molecular weight excluding hydrogens is 400 g/mol. The molecule has 2 amide bonds. The highest BCUT2D eigenvalue weighted by Gasteiger charge is 2.32. The first-order valence-corrected chi connectivity index (χ1v) is 11.2. The van der Waals surface area contributed by atoms with E-state index in [9.17, 15) is 9.59 Å². The second-order valence-corrected chi connectivity index (χ2v) is 8.75. The summed E-state index contributed by atoms with van der Waals surface area (Å²) >= 11 is 1.26. The van der Waals surface area contributed by atoms with Gasteiger partial charge in [0.1, 0.15) is 0 Å². The zero-order valence-electron chi connectivity index (χ0n) is 17.5. The molecule has 2 saturated heterocycles. The van der Waals surface area contributed by atoms with Crippen LogP contribution in [0.1, 0.15) is 25.3 Å². The first-order chi connectivity index (χ1) is 14.5. The summed E-state index contributed by atoms with van der Waals surface area (Å²) in [5.74, 6) is 0.381. The topological polar surface area (TPSA) is 81.7 Å². The lowest BCUT2D eigenvalue weighted by Gasteiger charge is -2.39. The van der Waals surface area contributed by atoms with E-state index in [0.717, 1.165) is 50.7 Å². The van der Waals surface area contributed by atoms with Crippen molar-refractivity contribution in [3.05, 3.63) is 29.8 Å². The lowest BCUT2D eigenvalue weighted by atomic mass is 9.96. The molecule has 3 heterocycles. The maximum Gasteiger partial charge on any atom is 0.243 e. The number of nitrogens with one attached hydrogen (secondary N) is 1. The highest BCUT2D eigenvalue weighted by atomic mass is 32.1. The number of carbonyl (C=O) groups excluding carboxylic acids is 2. The average molecular weight is 429 g/mol. The zero-order valence-corrected chi connectivity index (χ0v) is 18.3. The van der Waals surface area contributed by atoms with Gasteiger partial charge in [-0.3, -0.25) is 14.9 Å². The Labute approximate surface area is 181 Å². The molecule has 0 aliphatic carbocycles. The molecule has 0 bridgehead atoms. The quantitative estimate of drug-likeness (QED) is 0.805. The van der Waals surface area contributed by atoms with E-state index in [0.29, 0.717) is 12.5 Å². The molecule has 0 radical (unpaired) electrons. The number of aromatic nitrogens is 2. The molecule has 1 unspecified atom stereocenters. The van der Waals surface area contributed by atoms with Crippen molar-refractivity contribution in [2.45, 2.75) is 26.7 Å². The first kappa shape index (κ1) is 20.6.